The number of ether oxygens (including phenoxy) is 1. The fourth-order valence-corrected chi connectivity index (χ4v) is 1.88. The molecule has 1 heterocycles. The van der Waals surface area contributed by atoms with Gasteiger partial charge in [0.05, 0.1) is 6.61 Å². The lowest BCUT2D eigenvalue weighted by atomic mass is 10.3. The summed E-state index contributed by atoms with van der Waals surface area (Å²) >= 11 is 5.26. The second-order valence-corrected chi connectivity index (χ2v) is 4.53. The molecule has 0 aliphatic carbocycles. The van der Waals surface area contributed by atoms with E-state index in [-0.39, 0.29) is 0 Å². The summed E-state index contributed by atoms with van der Waals surface area (Å²) in [5.74, 6) is 0.828. The van der Waals surface area contributed by atoms with Crippen LogP contribution in [-0.2, 0) is 6.54 Å². The smallest absolute Gasteiger partial charge is 0.171 e. The van der Waals surface area contributed by atoms with Crippen molar-refractivity contribution in [2.75, 3.05) is 11.9 Å². The molecule has 0 unspecified atom stereocenters. The van der Waals surface area contributed by atoms with Gasteiger partial charge < -0.3 is 15.4 Å². The number of hydrogen-bond donors (Lipinski definition) is 2. The van der Waals surface area contributed by atoms with Gasteiger partial charge in [-0.25, -0.2) is 0 Å². The summed E-state index contributed by atoms with van der Waals surface area (Å²) in [4.78, 5) is 3.98. The van der Waals surface area contributed by atoms with Gasteiger partial charge in [0.2, 0.25) is 0 Å². The number of thiocarbonyl (C=S) groups is 1. The summed E-state index contributed by atoms with van der Waals surface area (Å²) in [6.45, 7) is 3.27. The molecule has 0 fully saturated rings. The van der Waals surface area contributed by atoms with Crippen LogP contribution >= 0.6 is 12.2 Å². The Labute approximate surface area is 124 Å². The van der Waals surface area contributed by atoms with Crippen molar-refractivity contribution in [3.05, 3.63) is 54.4 Å². The van der Waals surface area contributed by atoms with Crippen molar-refractivity contribution in [2.45, 2.75) is 13.5 Å². The van der Waals surface area contributed by atoms with E-state index in [1.54, 1.807) is 12.4 Å². The van der Waals surface area contributed by atoms with E-state index in [9.17, 15) is 0 Å². The number of rotatable bonds is 5. The summed E-state index contributed by atoms with van der Waals surface area (Å²) in [6.07, 6.45) is 3.53. The average Bonchev–Trinajstić information content (AvgIpc) is 2.47. The van der Waals surface area contributed by atoms with Crippen molar-refractivity contribution in [3.63, 3.8) is 0 Å². The Kier molecular flexibility index (Phi) is 5.32. The van der Waals surface area contributed by atoms with Crippen LogP contribution in [0.4, 0.5) is 5.69 Å². The molecule has 104 valence electrons. The molecule has 2 aromatic rings. The van der Waals surface area contributed by atoms with E-state index < -0.39 is 0 Å². The summed E-state index contributed by atoms with van der Waals surface area (Å²) in [5.41, 5.74) is 2.04. The maximum atomic E-state index is 5.45. The molecule has 0 spiro atoms. The molecule has 1 aromatic heterocycles. The highest BCUT2D eigenvalue weighted by molar-refractivity contribution is 7.80. The van der Waals surface area contributed by atoms with Crippen LogP contribution in [0, 0.1) is 0 Å². The van der Waals surface area contributed by atoms with E-state index in [0.29, 0.717) is 18.3 Å². The lowest BCUT2D eigenvalue weighted by molar-refractivity contribution is 0.340. The third-order valence-electron chi connectivity index (χ3n) is 2.61. The van der Waals surface area contributed by atoms with Crippen LogP contribution in [0.1, 0.15) is 12.5 Å². The molecule has 20 heavy (non-hydrogen) atoms. The van der Waals surface area contributed by atoms with Gasteiger partial charge in [-0.3, -0.25) is 4.98 Å². The molecular weight excluding hydrogens is 270 g/mol. The van der Waals surface area contributed by atoms with Crippen molar-refractivity contribution in [2.24, 2.45) is 0 Å². The minimum atomic E-state index is 0.579. The first kappa shape index (κ1) is 14.3. The molecule has 0 aliphatic rings. The normalized spacial score (nSPS) is 9.85. The largest absolute Gasteiger partial charge is 0.494 e. The van der Waals surface area contributed by atoms with E-state index in [1.165, 1.54) is 0 Å². The van der Waals surface area contributed by atoms with Crippen molar-refractivity contribution in [1.82, 2.24) is 10.3 Å². The van der Waals surface area contributed by atoms with Gasteiger partial charge in [-0.05, 0) is 49.0 Å². The monoisotopic (exact) mass is 287 g/mol. The Hall–Kier alpha value is -2.14. The van der Waals surface area contributed by atoms with Gasteiger partial charge in [-0.1, -0.05) is 6.07 Å². The molecule has 2 rings (SSSR count). The van der Waals surface area contributed by atoms with Crippen molar-refractivity contribution in [3.8, 4) is 5.75 Å². The molecule has 5 heteroatoms. The molecule has 0 saturated heterocycles. The van der Waals surface area contributed by atoms with Crippen LogP contribution in [0.25, 0.3) is 0 Å². The average molecular weight is 287 g/mol. The predicted molar refractivity (Wildman–Crippen MR) is 84.9 cm³/mol. The molecule has 1 aromatic carbocycles. The van der Waals surface area contributed by atoms with Crippen molar-refractivity contribution >= 4 is 23.0 Å². The number of benzene rings is 1. The quantitative estimate of drug-likeness (QED) is 0.828. The highest BCUT2D eigenvalue weighted by Crippen LogP contribution is 2.17. The Morgan fingerprint density at radius 3 is 2.80 bits per heavy atom. The first-order valence-corrected chi connectivity index (χ1v) is 6.85. The van der Waals surface area contributed by atoms with Gasteiger partial charge >= 0.3 is 0 Å². The van der Waals surface area contributed by atoms with Crippen LogP contribution in [0.3, 0.4) is 0 Å². The zero-order valence-electron chi connectivity index (χ0n) is 11.3. The Bertz CT molecular complexity index is 560. The first-order valence-electron chi connectivity index (χ1n) is 6.44. The van der Waals surface area contributed by atoms with Gasteiger partial charge in [0.25, 0.3) is 0 Å². The second kappa shape index (κ2) is 7.45. The molecule has 2 N–H and O–H groups in total. The van der Waals surface area contributed by atoms with Crippen LogP contribution in [0.15, 0.2) is 48.8 Å². The number of pyridine rings is 1. The van der Waals surface area contributed by atoms with Crippen LogP contribution < -0.4 is 15.4 Å². The predicted octanol–water partition coefficient (Wildman–Crippen LogP) is 2.97. The third-order valence-corrected chi connectivity index (χ3v) is 2.85. The topological polar surface area (TPSA) is 46.2 Å². The van der Waals surface area contributed by atoms with Crippen molar-refractivity contribution in [1.29, 1.82) is 0 Å². The van der Waals surface area contributed by atoms with Crippen LogP contribution in [0.2, 0.25) is 0 Å². The fourth-order valence-electron chi connectivity index (χ4n) is 1.69. The number of aromatic nitrogens is 1. The molecule has 0 atom stereocenters. The maximum Gasteiger partial charge on any atom is 0.171 e. The minimum absolute atomic E-state index is 0.579. The standard InChI is InChI=1S/C15H17N3OS/c1-2-19-14-5-3-4-13(10-14)18-15(20)17-11-12-6-8-16-9-7-12/h3-10H,2,11H2,1H3,(H2,17,18,20). The highest BCUT2D eigenvalue weighted by atomic mass is 32.1. The zero-order chi connectivity index (χ0) is 14.2. The van der Waals surface area contributed by atoms with Gasteiger partial charge in [0.1, 0.15) is 5.75 Å². The van der Waals surface area contributed by atoms with E-state index >= 15 is 0 Å². The van der Waals surface area contributed by atoms with Crippen LogP contribution in [0.5, 0.6) is 5.75 Å². The lowest BCUT2D eigenvalue weighted by Crippen LogP contribution is -2.27. The molecule has 4 nitrogen and oxygen atoms in total. The summed E-state index contributed by atoms with van der Waals surface area (Å²) < 4.78 is 5.45. The van der Waals surface area contributed by atoms with Gasteiger partial charge in [-0.15, -0.1) is 0 Å². The van der Waals surface area contributed by atoms with Crippen molar-refractivity contribution < 1.29 is 4.74 Å². The maximum absolute atomic E-state index is 5.45. The zero-order valence-corrected chi connectivity index (χ0v) is 12.1. The van der Waals surface area contributed by atoms with Crippen LogP contribution in [-0.4, -0.2) is 16.7 Å². The van der Waals surface area contributed by atoms with E-state index in [1.807, 2.05) is 43.3 Å². The molecular formula is C15H17N3OS. The Morgan fingerprint density at radius 2 is 2.05 bits per heavy atom. The number of anilines is 1. The minimum Gasteiger partial charge on any atom is -0.494 e. The van der Waals surface area contributed by atoms with Gasteiger partial charge in [-0.2, -0.15) is 0 Å². The Morgan fingerprint density at radius 1 is 1.25 bits per heavy atom. The number of nitrogens with one attached hydrogen (secondary N) is 2. The van der Waals surface area contributed by atoms with Gasteiger partial charge in [0, 0.05) is 30.7 Å². The Balaban J connectivity index is 1.86. The molecule has 0 bridgehead atoms. The first-order chi connectivity index (χ1) is 9.78. The van der Waals surface area contributed by atoms with Gasteiger partial charge in [0.15, 0.2) is 5.11 Å². The highest BCUT2D eigenvalue weighted by Gasteiger charge is 2.00. The third kappa shape index (κ3) is 4.51. The summed E-state index contributed by atoms with van der Waals surface area (Å²) in [7, 11) is 0. The summed E-state index contributed by atoms with van der Waals surface area (Å²) in [6, 6.07) is 11.6. The lowest BCUT2D eigenvalue weighted by Gasteiger charge is -2.11. The van der Waals surface area contributed by atoms with E-state index in [2.05, 4.69) is 15.6 Å². The molecule has 0 aliphatic heterocycles. The van der Waals surface area contributed by atoms with E-state index in [0.717, 1.165) is 17.0 Å². The molecule has 0 radical (unpaired) electrons. The number of hydrogen-bond acceptors (Lipinski definition) is 3. The fraction of sp³-hybridized carbons (Fsp3) is 0.200. The molecule has 0 amide bonds. The summed E-state index contributed by atoms with van der Waals surface area (Å²) in [5, 5.41) is 6.87. The van der Waals surface area contributed by atoms with E-state index in [4.69, 9.17) is 17.0 Å². The number of nitrogens with zero attached hydrogens (tertiary/aromatic N) is 1. The second-order valence-electron chi connectivity index (χ2n) is 4.12. The SMILES string of the molecule is CCOc1cccc(NC(=S)NCc2ccncc2)c1. The molecule has 0 saturated carbocycles.